The van der Waals surface area contributed by atoms with E-state index in [2.05, 4.69) is 211 Å². The quantitative estimate of drug-likeness (QED) is 0.145. The molecule has 62 heavy (non-hydrogen) atoms. The zero-order chi connectivity index (χ0) is 41.1. The summed E-state index contributed by atoms with van der Waals surface area (Å²) in [5, 5.41) is 2.54. The van der Waals surface area contributed by atoms with Gasteiger partial charge in [-0.2, -0.15) is 0 Å². The summed E-state index contributed by atoms with van der Waals surface area (Å²) in [6.45, 7) is 2.16. The topological polar surface area (TPSA) is 17.4 Å². The lowest BCUT2D eigenvalue weighted by molar-refractivity contribution is -0.00335. The second kappa shape index (κ2) is 15.3. The Morgan fingerprint density at radius 2 is 1.00 bits per heavy atom. The first-order valence-electron chi connectivity index (χ1n) is 22.6. The number of aryl methyl sites for hydroxylation is 1. The molecule has 4 aliphatic rings. The predicted molar refractivity (Wildman–Crippen MR) is 257 cm³/mol. The van der Waals surface area contributed by atoms with Gasteiger partial charge in [0.2, 0.25) is 0 Å². The maximum atomic E-state index is 7.10. The van der Waals surface area contributed by atoms with Crippen LogP contribution < -0.4 is 9.64 Å². The smallest absolute Gasteiger partial charge is 0.133 e. The molecule has 4 saturated carbocycles. The molecule has 9 aromatic rings. The number of rotatable bonds is 9. The lowest BCUT2D eigenvalue weighted by atomic mass is 9.50. The van der Waals surface area contributed by atoms with Crippen LogP contribution in [-0.2, 0) is 0 Å². The first-order valence-corrected chi connectivity index (χ1v) is 22.6. The molecular formula is C59H50N2O. The van der Waals surface area contributed by atoms with E-state index in [0.717, 1.165) is 63.5 Å². The third kappa shape index (κ3) is 6.50. The molecule has 0 unspecified atom stereocenters. The number of fused-ring (bicyclic) bond motifs is 3. The first kappa shape index (κ1) is 37.0. The van der Waals surface area contributed by atoms with Crippen LogP contribution >= 0.6 is 0 Å². The Kier molecular flexibility index (Phi) is 9.10. The Hall–Kier alpha value is -6.84. The predicted octanol–water partition coefficient (Wildman–Crippen LogP) is 16.2. The Morgan fingerprint density at radius 3 is 1.71 bits per heavy atom. The van der Waals surface area contributed by atoms with Crippen molar-refractivity contribution < 1.29 is 4.74 Å². The summed E-state index contributed by atoms with van der Waals surface area (Å²) >= 11 is 0. The maximum absolute atomic E-state index is 7.10. The molecule has 4 bridgehead atoms. The SMILES string of the molecule is Cc1ccccc1Oc1cc(N(c2ccc(-c3cccc(-n4c5ccccc5c5ccccc54)c3)cc2)c2cccc(-c3ccccc3)c2)ccc1C1[C@H]2C[C@H]3C[C@H](C[C@H]1C3)C2. The Morgan fingerprint density at radius 1 is 0.435 bits per heavy atom. The molecule has 3 heteroatoms. The van der Waals surface area contributed by atoms with E-state index in [-0.39, 0.29) is 0 Å². The van der Waals surface area contributed by atoms with Gasteiger partial charge in [0.15, 0.2) is 0 Å². The monoisotopic (exact) mass is 802 g/mol. The van der Waals surface area contributed by atoms with E-state index in [9.17, 15) is 0 Å². The summed E-state index contributed by atoms with van der Waals surface area (Å²) < 4.78 is 9.49. The molecule has 0 radical (unpaired) electrons. The first-order chi connectivity index (χ1) is 30.6. The van der Waals surface area contributed by atoms with Gasteiger partial charge in [-0.1, -0.05) is 127 Å². The van der Waals surface area contributed by atoms with Gasteiger partial charge in [0.25, 0.3) is 0 Å². The highest BCUT2D eigenvalue weighted by molar-refractivity contribution is 6.09. The van der Waals surface area contributed by atoms with Gasteiger partial charge in [-0.25, -0.2) is 0 Å². The highest BCUT2D eigenvalue weighted by Gasteiger charge is 2.49. The highest BCUT2D eigenvalue weighted by atomic mass is 16.5. The van der Waals surface area contributed by atoms with E-state index < -0.39 is 0 Å². The van der Waals surface area contributed by atoms with E-state index in [1.54, 1.807) is 0 Å². The number of anilines is 3. The van der Waals surface area contributed by atoms with Gasteiger partial charge in [0.05, 0.1) is 11.0 Å². The van der Waals surface area contributed by atoms with Crippen molar-refractivity contribution in [1.29, 1.82) is 0 Å². The fourth-order valence-corrected chi connectivity index (χ4v) is 12.0. The number of benzene rings is 8. The van der Waals surface area contributed by atoms with Crippen LogP contribution in [0.4, 0.5) is 17.1 Å². The molecule has 0 N–H and O–H groups in total. The summed E-state index contributed by atoms with van der Waals surface area (Å²) in [5.41, 5.74) is 14.2. The van der Waals surface area contributed by atoms with Crippen LogP contribution in [0.2, 0.25) is 0 Å². The highest BCUT2D eigenvalue weighted by Crippen LogP contribution is 2.61. The summed E-state index contributed by atoms with van der Waals surface area (Å²) in [7, 11) is 0. The standard InChI is InChI=1S/C59H50N2O/c1-39-13-5-10-24-57(39)62-58-38-51(29-30-54(58)59-46-32-40-31-41(34-46)35-47(59)33-40)60(49-18-11-16-44(36-49)42-14-3-2-4-15-42)48-27-25-43(26-28-48)45-17-12-19-50(37-45)61-55-22-8-6-20-52(55)53-21-7-9-23-56(53)61/h2-30,36-38,40-41,46-47,59H,31-35H2,1H3/t40-,41+,46+,47-,59?. The average molecular weight is 803 g/mol. The van der Waals surface area contributed by atoms with Gasteiger partial charge < -0.3 is 14.2 Å². The molecule has 0 spiro atoms. The van der Waals surface area contributed by atoms with Crippen LogP contribution in [0.15, 0.2) is 194 Å². The Labute approximate surface area is 364 Å². The number of aromatic nitrogens is 1. The van der Waals surface area contributed by atoms with Crippen molar-refractivity contribution in [1.82, 2.24) is 4.57 Å². The van der Waals surface area contributed by atoms with Gasteiger partial charge in [-0.15, -0.1) is 0 Å². The molecule has 0 aliphatic heterocycles. The largest absolute Gasteiger partial charge is 0.457 e. The van der Waals surface area contributed by atoms with E-state index in [1.807, 2.05) is 0 Å². The van der Waals surface area contributed by atoms with E-state index in [1.165, 1.54) is 81.7 Å². The normalized spacial score (nSPS) is 20.2. The van der Waals surface area contributed by atoms with Crippen LogP contribution in [-0.4, -0.2) is 4.57 Å². The van der Waals surface area contributed by atoms with Gasteiger partial charge in [0.1, 0.15) is 11.5 Å². The maximum Gasteiger partial charge on any atom is 0.133 e. The third-order valence-corrected chi connectivity index (χ3v) is 14.5. The summed E-state index contributed by atoms with van der Waals surface area (Å²) in [5.74, 6) is 5.80. The minimum absolute atomic E-state index is 0.545. The molecule has 0 atom stereocenters. The fraction of sp³-hybridized carbons (Fsp3) is 0.186. The number of para-hydroxylation sites is 3. The molecule has 0 amide bonds. The third-order valence-electron chi connectivity index (χ3n) is 14.5. The second-order valence-electron chi connectivity index (χ2n) is 18.3. The zero-order valence-electron chi connectivity index (χ0n) is 35.2. The van der Waals surface area contributed by atoms with Crippen molar-refractivity contribution >= 4 is 38.9 Å². The number of ether oxygens (including phenoxy) is 1. The Bertz CT molecular complexity index is 3010. The van der Waals surface area contributed by atoms with Crippen molar-refractivity contribution in [3.63, 3.8) is 0 Å². The molecule has 4 aliphatic carbocycles. The van der Waals surface area contributed by atoms with E-state index in [4.69, 9.17) is 4.74 Å². The molecule has 4 fully saturated rings. The van der Waals surface area contributed by atoms with Gasteiger partial charge in [0, 0.05) is 39.6 Å². The molecule has 1 aromatic heterocycles. The van der Waals surface area contributed by atoms with Crippen LogP contribution in [0.3, 0.4) is 0 Å². The number of hydrogen-bond acceptors (Lipinski definition) is 2. The molecule has 13 rings (SSSR count). The molecule has 1 heterocycles. The van der Waals surface area contributed by atoms with Crippen LogP contribution in [0.1, 0.15) is 49.1 Å². The summed E-state index contributed by atoms with van der Waals surface area (Å²) in [6, 6.07) is 70.8. The summed E-state index contributed by atoms with van der Waals surface area (Å²) in [6.07, 6.45) is 6.93. The minimum Gasteiger partial charge on any atom is -0.457 e. The van der Waals surface area contributed by atoms with E-state index in [0.29, 0.717) is 5.92 Å². The van der Waals surface area contributed by atoms with Crippen molar-refractivity contribution in [2.75, 3.05) is 4.90 Å². The molecule has 3 nitrogen and oxygen atoms in total. The van der Waals surface area contributed by atoms with Crippen molar-refractivity contribution in [3.05, 3.63) is 205 Å². The second-order valence-corrected chi connectivity index (χ2v) is 18.3. The van der Waals surface area contributed by atoms with Gasteiger partial charge >= 0.3 is 0 Å². The number of nitrogens with zero attached hydrogens (tertiary/aromatic N) is 2. The molecular weight excluding hydrogens is 753 g/mol. The average Bonchev–Trinajstić information content (AvgIpc) is 3.65. The van der Waals surface area contributed by atoms with E-state index >= 15 is 0 Å². The fourth-order valence-electron chi connectivity index (χ4n) is 12.0. The van der Waals surface area contributed by atoms with Crippen LogP contribution in [0, 0.1) is 30.6 Å². The van der Waals surface area contributed by atoms with Crippen molar-refractivity contribution in [3.8, 4) is 39.4 Å². The summed E-state index contributed by atoms with van der Waals surface area (Å²) in [4.78, 5) is 2.41. The lowest BCUT2D eigenvalue weighted by Gasteiger charge is -2.54. The molecule has 0 saturated heterocycles. The van der Waals surface area contributed by atoms with Gasteiger partial charge in [-0.3, -0.25) is 0 Å². The minimum atomic E-state index is 0.545. The molecule has 302 valence electrons. The molecule has 8 aromatic carbocycles. The van der Waals surface area contributed by atoms with Crippen molar-refractivity contribution in [2.24, 2.45) is 23.7 Å². The Balaban J connectivity index is 0.966. The van der Waals surface area contributed by atoms with Gasteiger partial charge in [-0.05, 0) is 163 Å². The number of hydrogen-bond donors (Lipinski definition) is 0. The van der Waals surface area contributed by atoms with Crippen LogP contribution in [0.5, 0.6) is 11.5 Å². The zero-order valence-corrected chi connectivity index (χ0v) is 35.2. The lowest BCUT2D eigenvalue weighted by Crippen LogP contribution is -2.43. The van der Waals surface area contributed by atoms with Crippen molar-refractivity contribution in [2.45, 2.75) is 44.9 Å². The van der Waals surface area contributed by atoms with Crippen LogP contribution in [0.25, 0.3) is 49.7 Å².